The van der Waals surface area contributed by atoms with Gasteiger partial charge in [-0.1, -0.05) is 30.3 Å². The van der Waals surface area contributed by atoms with Crippen molar-refractivity contribution in [3.05, 3.63) is 71.5 Å². The van der Waals surface area contributed by atoms with Crippen molar-refractivity contribution in [2.75, 3.05) is 16.3 Å². The van der Waals surface area contributed by atoms with Crippen LogP contribution in [0, 0.1) is 0 Å². The molecule has 0 bridgehead atoms. The van der Waals surface area contributed by atoms with E-state index in [1.165, 1.54) is 0 Å². The van der Waals surface area contributed by atoms with Crippen LogP contribution in [0.1, 0.15) is 28.2 Å². The van der Waals surface area contributed by atoms with Crippen LogP contribution in [-0.2, 0) is 22.9 Å². The number of amides is 1. The van der Waals surface area contributed by atoms with Crippen molar-refractivity contribution in [3.63, 3.8) is 0 Å². The number of hydrogen-bond donors (Lipinski definition) is 2. The molecule has 1 aliphatic carbocycles. The van der Waals surface area contributed by atoms with Crippen molar-refractivity contribution in [2.45, 2.75) is 19.3 Å². The molecule has 0 saturated heterocycles. The monoisotopic (exact) mass is 396 g/mol. The van der Waals surface area contributed by atoms with Crippen molar-refractivity contribution >= 4 is 27.3 Å². The number of para-hydroxylation sites is 3. The lowest BCUT2D eigenvalue weighted by Crippen LogP contribution is -2.17. The largest absolute Gasteiger partial charge is 0.319 e. The molecular formula is C20H20N4O3S. The van der Waals surface area contributed by atoms with Gasteiger partial charge in [0.25, 0.3) is 5.91 Å². The molecule has 1 amide bonds. The quantitative estimate of drug-likeness (QED) is 0.693. The minimum Gasteiger partial charge on any atom is -0.319 e. The molecule has 1 aromatic heterocycles. The van der Waals surface area contributed by atoms with E-state index in [1.807, 2.05) is 35.0 Å². The average Bonchev–Trinajstić information content (AvgIpc) is 3.25. The third kappa shape index (κ3) is 3.63. The molecule has 8 heteroatoms. The number of carbonyl (C=O) groups is 1. The van der Waals surface area contributed by atoms with Gasteiger partial charge in [0.15, 0.2) is 5.69 Å². The molecule has 0 aliphatic heterocycles. The van der Waals surface area contributed by atoms with E-state index >= 15 is 0 Å². The van der Waals surface area contributed by atoms with Crippen LogP contribution in [0.4, 0.5) is 11.4 Å². The Bertz CT molecular complexity index is 1140. The number of rotatable bonds is 5. The lowest BCUT2D eigenvalue weighted by Gasteiger charge is -2.11. The Morgan fingerprint density at radius 2 is 1.68 bits per heavy atom. The number of carbonyl (C=O) groups excluding carboxylic acids is 1. The predicted octanol–water partition coefficient (Wildman–Crippen LogP) is 2.98. The van der Waals surface area contributed by atoms with Crippen LogP contribution in [0.15, 0.2) is 54.6 Å². The lowest BCUT2D eigenvalue weighted by molar-refractivity contribution is 0.102. The van der Waals surface area contributed by atoms with Crippen LogP contribution in [0.2, 0.25) is 0 Å². The van der Waals surface area contributed by atoms with E-state index in [1.54, 1.807) is 24.3 Å². The minimum atomic E-state index is -3.46. The van der Waals surface area contributed by atoms with Crippen LogP contribution < -0.4 is 10.0 Å². The van der Waals surface area contributed by atoms with E-state index in [0.29, 0.717) is 17.1 Å². The molecule has 28 heavy (non-hydrogen) atoms. The van der Waals surface area contributed by atoms with E-state index in [2.05, 4.69) is 15.1 Å². The second kappa shape index (κ2) is 7.12. The van der Waals surface area contributed by atoms with E-state index in [9.17, 15) is 13.2 Å². The summed E-state index contributed by atoms with van der Waals surface area (Å²) in [4.78, 5) is 13.0. The van der Waals surface area contributed by atoms with Gasteiger partial charge in [0.2, 0.25) is 10.0 Å². The normalized spacial score (nSPS) is 13.2. The highest BCUT2D eigenvalue weighted by Crippen LogP contribution is 2.29. The molecule has 1 heterocycles. The maximum Gasteiger partial charge on any atom is 0.276 e. The summed E-state index contributed by atoms with van der Waals surface area (Å²) in [6.07, 6.45) is 3.72. The molecule has 7 nitrogen and oxygen atoms in total. The zero-order valence-corrected chi connectivity index (χ0v) is 16.2. The summed E-state index contributed by atoms with van der Waals surface area (Å²) in [6.45, 7) is 0. The highest BCUT2D eigenvalue weighted by atomic mass is 32.2. The van der Waals surface area contributed by atoms with Gasteiger partial charge in [0.05, 0.1) is 23.3 Å². The predicted molar refractivity (Wildman–Crippen MR) is 108 cm³/mol. The fourth-order valence-corrected chi connectivity index (χ4v) is 4.04. The first kappa shape index (κ1) is 18.2. The summed E-state index contributed by atoms with van der Waals surface area (Å²) in [5.74, 6) is -0.351. The number of sulfonamides is 1. The first-order chi connectivity index (χ1) is 13.4. The number of fused-ring (bicyclic) bond motifs is 1. The Morgan fingerprint density at radius 1 is 1.00 bits per heavy atom. The summed E-state index contributed by atoms with van der Waals surface area (Å²) in [7, 11) is -3.46. The highest BCUT2D eigenvalue weighted by Gasteiger charge is 2.27. The Labute approximate surface area is 163 Å². The number of nitrogens with zero attached hydrogens (tertiary/aromatic N) is 2. The molecule has 0 saturated carbocycles. The van der Waals surface area contributed by atoms with Crippen molar-refractivity contribution in [3.8, 4) is 5.69 Å². The fraction of sp³-hybridized carbons (Fsp3) is 0.200. The summed E-state index contributed by atoms with van der Waals surface area (Å²) in [5, 5.41) is 7.37. The number of benzene rings is 2. The topological polar surface area (TPSA) is 93.1 Å². The van der Waals surface area contributed by atoms with Crippen molar-refractivity contribution in [2.24, 2.45) is 0 Å². The fourth-order valence-electron chi connectivity index (χ4n) is 3.46. The summed E-state index contributed by atoms with van der Waals surface area (Å²) < 4.78 is 27.4. The highest BCUT2D eigenvalue weighted by molar-refractivity contribution is 7.92. The van der Waals surface area contributed by atoms with Gasteiger partial charge in [-0.2, -0.15) is 5.10 Å². The van der Waals surface area contributed by atoms with E-state index in [0.717, 1.165) is 42.5 Å². The molecule has 2 N–H and O–H groups in total. The Hall–Kier alpha value is -3.13. The van der Waals surface area contributed by atoms with E-state index in [4.69, 9.17) is 0 Å². The summed E-state index contributed by atoms with van der Waals surface area (Å²) >= 11 is 0. The van der Waals surface area contributed by atoms with Crippen LogP contribution in [0.25, 0.3) is 5.69 Å². The minimum absolute atomic E-state index is 0.317. The van der Waals surface area contributed by atoms with Gasteiger partial charge in [0.1, 0.15) is 0 Å². The van der Waals surface area contributed by atoms with Gasteiger partial charge >= 0.3 is 0 Å². The Kier molecular flexibility index (Phi) is 4.64. The number of aromatic nitrogens is 2. The second-order valence-electron chi connectivity index (χ2n) is 6.75. The maximum absolute atomic E-state index is 13.0. The third-order valence-electron chi connectivity index (χ3n) is 4.62. The van der Waals surface area contributed by atoms with Crippen molar-refractivity contribution in [1.82, 2.24) is 9.78 Å². The van der Waals surface area contributed by atoms with Gasteiger partial charge in [0, 0.05) is 11.3 Å². The SMILES string of the molecule is CS(=O)(=O)Nc1ccccc1NC(=O)c1nn(-c2ccccc2)c2c1CCC2. The average molecular weight is 396 g/mol. The van der Waals surface area contributed by atoms with Gasteiger partial charge in [-0.15, -0.1) is 0 Å². The Balaban J connectivity index is 1.68. The second-order valence-corrected chi connectivity index (χ2v) is 8.50. The number of anilines is 2. The van der Waals surface area contributed by atoms with Gasteiger partial charge in [-0.3, -0.25) is 9.52 Å². The van der Waals surface area contributed by atoms with Crippen LogP contribution in [-0.4, -0.2) is 30.4 Å². The standard InChI is InChI=1S/C20H20N4O3S/c1-28(26,27)23-17-12-6-5-11-16(17)21-20(25)19-15-10-7-13-18(15)24(22-19)14-8-3-2-4-9-14/h2-6,8-9,11-12,23H,7,10,13H2,1H3,(H,21,25). The van der Waals surface area contributed by atoms with Gasteiger partial charge in [-0.05, 0) is 43.5 Å². The lowest BCUT2D eigenvalue weighted by atomic mass is 10.2. The molecule has 0 unspecified atom stereocenters. The van der Waals surface area contributed by atoms with Crippen LogP contribution in [0.5, 0.6) is 0 Å². The molecule has 0 fully saturated rings. The molecular weight excluding hydrogens is 376 g/mol. The van der Waals surface area contributed by atoms with Gasteiger partial charge < -0.3 is 5.32 Å². The van der Waals surface area contributed by atoms with Gasteiger partial charge in [-0.25, -0.2) is 13.1 Å². The summed E-state index contributed by atoms with van der Waals surface area (Å²) in [6, 6.07) is 16.4. The molecule has 4 rings (SSSR count). The van der Waals surface area contributed by atoms with E-state index in [-0.39, 0.29) is 5.91 Å². The zero-order chi connectivity index (χ0) is 19.7. The maximum atomic E-state index is 13.0. The smallest absolute Gasteiger partial charge is 0.276 e. The number of hydrogen-bond acceptors (Lipinski definition) is 4. The first-order valence-corrected chi connectivity index (χ1v) is 10.9. The molecule has 0 radical (unpaired) electrons. The first-order valence-electron chi connectivity index (χ1n) is 8.97. The molecule has 0 spiro atoms. The molecule has 3 aromatic rings. The molecule has 1 aliphatic rings. The number of nitrogens with one attached hydrogen (secondary N) is 2. The zero-order valence-electron chi connectivity index (χ0n) is 15.3. The van der Waals surface area contributed by atoms with E-state index < -0.39 is 10.0 Å². The van der Waals surface area contributed by atoms with Crippen LogP contribution in [0.3, 0.4) is 0 Å². The summed E-state index contributed by atoms with van der Waals surface area (Å²) in [5.41, 5.74) is 4.01. The molecule has 2 aromatic carbocycles. The molecule has 144 valence electrons. The van der Waals surface area contributed by atoms with Crippen LogP contribution >= 0.6 is 0 Å². The molecule has 0 atom stereocenters. The third-order valence-corrected chi connectivity index (χ3v) is 5.21. The van der Waals surface area contributed by atoms with Crippen molar-refractivity contribution < 1.29 is 13.2 Å². The Morgan fingerprint density at radius 3 is 2.39 bits per heavy atom. The van der Waals surface area contributed by atoms with Crippen molar-refractivity contribution in [1.29, 1.82) is 0 Å².